The van der Waals surface area contributed by atoms with Crippen LogP contribution in [0, 0.1) is 13.8 Å². The summed E-state index contributed by atoms with van der Waals surface area (Å²) in [5, 5.41) is 5.66. The van der Waals surface area contributed by atoms with Crippen LogP contribution < -0.4 is 4.74 Å². The number of aryl methyl sites for hydroxylation is 2. The van der Waals surface area contributed by atoms with Gasteiger partial charge in [-0.25, -0.2) is 0 Å². The molecule has 2 aliphatic rings. The predicted molar refractivity (Wildman–Crippen MR) is 109 cm³/mol. The van der Waals surface area contributed by atoms with Gasteiger partial charge in [0.25, 0.3) is 0 Å². The first-order chi connectivity index (χ1) is 12.7. The zero-order valence-corrected chi connectivity index (χ0v) is 16.1. The number of benzene rings is 3. The van der Waals surface area contributed by atoms with Gasteiger partial charge < -0.3 is 4.74 Å². The number of piperidine rings is 1. The van der Waals surface area contributed by atoms with Gasteiger partial charge in [-0.2, -0.15) is 0 Å². The quantitative estimate of drug-likeness (QED) is 0.538. The highest BCUT2D eigenvalue weighted by Gasteiger charge is 2.30. The molecule has 1 atom stereocenters. The Balaban J connectivity index is 1.87. The van der Waals surface area contributed by atoms with Gasteiger partial charge in [-0.1, -0.05) is 30.2 Å². The maximum absolute atomic E-state index is 5.68. The standard InChI is InChI=1S/C24H27NO/c1-15-7-8-18-19(10-15)20-11-16(2)24(26-3)13-22(20)21-12-17-6-4-5-9-25(17)14-23(18)21/h7-8,10-11,13,17H,4-6,9,12,14H2,1-3H3/t17-/m1/s1. The van der Waals surface area contributed by atoms with E-state index >= 15 is 0 Å². The fourth-order valence-corrected chi connectivity index (χ4v) is 5.20. The molecule has 0 N–H and O–H groups in total. The topological polar surface area (TPSA) is 12.5 Å². The molecule has 3 aromatic rings. The molecule has 1 saturated heterocycles. The summed E-state index contributed by atoms with van der Waals surface area (Å²) < 4.78 is 5.68. The van der Waals surface area contributed by atoms with E-state index in [0.29, 0.717) is 0 Å². The van der Waals surface area contributed by atoms with Crippen molar-refractivity contribution in [1.82, 2.24) is 4.90 Å². The van der Waals surface area contributed by atoms with E-state index in [1.807, 2.05) is 0 Å². The molecule has 0 bridgehead atoms. The Hall–Kier alpha value is -2.06. The van der Waals surface area contributed by atoms with E-state index in [-0.39, 0.29) is 0 Å². The van der Waals surface area contributed by atoms with Gasteiger partial charge in [0.1, 0.15) is 5.75 Å². The average Bonchev–Trinajstić information content (AvgIpc) is 2.66. The first-order valence-electron chi connectivity index (χ1n) is 9.92. The van der Waals surface area contributed by atoms with Crippen molar-refractivity contribution in [3.05, 3.63) is 52.6 Å². The fourth-order valence-electron chi connectivity index (χ4n) is 5.20. The summed E-state index contributed by atoms with van der Waals surface area (Å²) in [5.41, 5.74) is 5.67. The molecular weight excluding hydrogens is 318 g/mol. The maximum Gasteiger partial charge on any atom is 0.122 e. The third kappa shape index (κ3) is 2.35. The number of hydrogen-bond acceptors (Lipinski definition) is 2. The van der Waals surface area contributed by atoms with E-state index in [2.05, 4.69) is 49.1 Å². The van der Waals surface area contributed by atoms with E-state index in [4.69, 9.17) is 4.74 Å². The molecule has 2 heterocycles. The van der Waals surface area contributed by atoms with Crippen LogP contribution in [0.3, 0.4) is 0 Å². The second-order valence-electron chi connectivity index (χ2n) is 8.20. The lowest BCUT2D eigenvalue weighted by atomic mass is 9.82. The number of hydrogen-bond donors (Lipinski definition) is 0. The van der Waals surface area contributed by atoms with Crippen LogP contribution in [0.1, 0.15) is 41.5 Å². The normalized spacial score (nSPS) is 20.2. The molecule has 5 rings (SSSR count). The van der Waals surface area contributed by atoms with Crippen LogP contribution >= 0.6 is 0 Å². The Morgan fingerprint density at radius 1 is 0.923 bits per heavy atom. The third-order valence-corrected chi connectivity index (χ3v) is 6.56. The summed E-state index contributed by atoms with van der Waals surface area (Å²) in [7, 11) is 1.79. The Kier molecular flexibility index (Phi) is 3.72. The summed E-state index contributed by atoms with van der Waals surface area (Å²) in [5.74, 6) is 1.01. The van der Waals surface area contributed by atoms with Crippen molar-refractivity contribution in [3.63, 3.8) is 0 Å². The maximum atomic E-state index is 5.68. The summed E-state index contributed by atoms with van der Waals surface area (Å²) in [4.78, 5) is 2.72. The molecule has 0 spiro atoms. The summed E-state index contributed by atoms with van der Waals surface area (Å²) in [6, 6.07) is 12.3. The number of nitrogens with zero attached hydrogens (tertiary/aromatic N) is 1. The molecule has 0 radical (unpaired) electrons. The minimum absolute atomic E-state index is 0.717. The minimum atomic E-state index is 0.717. The van der Waals surface area contributed by atoms with E-state index in [9.17, 15) is 0 Å². The zero-order chi connectivity index (χ0) is 17.8. The van der Waals surface area contributed by atoms with Crippen LogP contribution in [0.5, 0.6) is 5.75 Å². The highest BCUT2D eigenvalue weighted by atomic mass is 16.5. The van der Waals surface area contributed by atoms with Gasteiger partial charge in [0.05, 0.1) is 7.11 Å². The second kappa shape index (κ2) is 5.99. The molecular formula is C24H27NO. The van der Waals surface area contributed by atoms with Crippen molar-refractivity contribution < 1.29 is 4.74 Å². The molecule has 3 aromatic carbocycles. The van der Waals surface area contributed by atoms with Crippen molar-refractivity contribution in [3.8, 4) is 5.75 Å². The van der Waals surface area contributed by atoms with Gasteiger partial charge >= 0.3 is 0 Å². The lowest BCUT2D eigenvalue weighted by Crippen LogP contribution is -2.43. The van der Waals surface area contributed by atoms with Crippen molar-refractivity contribution >= 4 is 21.5 Å². The Labute approximate surface area is 155 Å². The van der Waals surface area contributed by atoms with Crippen LogP contribution in [-0.4, -0.2) is 24.6 Å². The van der Waals surface area contributed by atoms with Gasteiger partial charge in [-0.3, -0.25) is 4.90 Å². The predicted octanol–water partition coefficient (Wildman–Crippen LogP) is 5.53. The molecule has 0 saturated carbocycles. The zero-order valence-electron chi connectivity index (χ0n) is 16.1. The molecule has 1 fully saturated rings. The van der Waals surface area contributed by atoms with Gasteiger partial charge in [0.15, 0.2) is 0 Å². The first-order valence-corrected chi connectivity index (χ1v) is 9.92. The van der Waals surface area contributed by atoms with Gasteiger partial charge in [0.2, 0.25) is 0 Å². The lowest BCUT2D eigenvalue weighted by molar-refractivity contribution is 0.128. The molecule has 0 unspecified atom stereocenters. The highest BCUT2D eigenvalue weighted by molar-refractivity contribution is 6.11. The molecule has 0 aliphatic carbocycles. The van der Waals surface area contributed by atoms with E-state index in [0.717, 1.165) is 18.3 Å². The number of fused-ring (bicyclic) bond motifs is 7. The van der Waals surface area contributed by atoms with E-state index < -0.39 is 0 Å². The number of ether oxygens (including phenoxy) is 1. The summed E-state index contributed by atoms with van der Waals surface area (Å²) in [6.07, 6.45) is 5.25. The van der Waals surface area contributed by atoms with Gasteiger partial charge in [-0.05, 0) is 90.0 Å². The number of methoxy groups -OCH3 is 1. The van der Waals surface area contributed by atoms with Crippen LogP contribution in [0.25, 0.3) is 21.5 Å². The summed E-state index contributed by atoms with van der Waals surface area (Å²) in [6.45, 7) is 6.71. The largest absolute Gasteiger partial charge is 0.496 e. The Morgan fingerprint density at radius 3 is 2.62 bits per heavy atom. The molecule has 0 aromatic heterocycles. The lowest BCUT2D eigenvalue weighted by Gasteiger charge is -2.41. The fraction of sp³-hybridized carbons (Fsp3) is 0.417. The molecule has 26 heavy (non-hydrogen) atoms. The van der Waals surface area contributed by atoms with Crippen LogP contribution in [0.4, 0.5) is 0 Å². The number of rotatable bonds is 1. The van der Waals surface area contributed by atoms with Crippen molar-refractivity contribution in [2.45, 2.75) is 52.1 Å². The SMILES string of the molecule is COc1cc2c3c(c4ccc(C)cc4c2cc1C)CN1CCCC[C@@H]1C3. The Morgan fingerprint density at radius 2 is 1.77 bits per heavy atom. The van der Waals surface area contributed by atoms with Crippen LogP contribution in [-0.2, 0) is 13.0 Å². The molecule has 134 valence electrons. The van der Waals surface area contributed by atoms with E-state index in [1.165, 1.54) is 64.9 Å². The van der Waals surface area contributed by atoms with Crippen LogP contribution in [0.2, 0.25) is 0 Å². The van der Waals surface area contributed by atoms with Crippen LogP contribution in [0.15, 0.2) is 30.3 Å². The average molecular weight is 345 g/mol. The van der Waals surface area contributed by atoms with Crippen molar-refractivity contribution in [1.29, 1.82) is 0 Å². The van der Waals surface area contributed by atoms with Gasteiger partial charge in [-0.15, -0.1) is 0 Å². The molecule has 2 aliphatic heterocycles. The molecule has 2 nitrogen and oxygen atoms in total. The van der Waals surface area contributed by atoms with Gasteiger partial charge in [0, 0.05) is 12.6 Å². The third-order valence-electron chi connectivity index (χ3n) is 6.56. The second-order valence-corrected chi connectivity index (χ2v) is 8.20. The smallest absolute Gasteiger partial charge is 0.122 e. The highest BCUT2D eigenvalue weighted by Crippen LogP contribution is 2.41. The van der Waals surface area contributed by atoms with Crippen molar-refractivity contribution in [2.24, 2.45) is 0 Å². The summed E-state index contributed by atoms with van der Waals surface area (Å²) >= 11 is 0. The molecule has 2 heteroatoms. The Bertz CT molecular complexity index is 1020. The minimum Gasteiger partial charge on any atom is -0.496 e. The first kappa shape index (κ1) is 16.1. The molecule has 0 amide bonds. The van der Waals surface area contributed by atoms with Crippen molar-refractivity contribution in [2.75, 3.05) is 13.7 Å². The van der Waals surface area contributed by atoms with E-state index in [1.54, 1.807) is 18.2 Å². The monoisotopic (exact) mass is 345 g/mol.